The second kappa shape index (κ2) is 10.2. The molecular weight excluding hydrogens is 476 g/mol. The van der Waals surface area contributed by atoms with Crippen LogP contribution in [-0.4, -0.2) is 60.9 Å². The van der Waals surface area contributed by atoms with Crippen LogP contribution in [0.25, 0.3) is 0 Å². The Morgan fingerprint density at radius 1 is 1.10 bits per heavy atom. The van der Waals surface area contributed by atoms with E-state index in [-0.39, 0.29) is 28.7 Å². The predicted octanol–water partition coefficient (Wildman–Crippen LogP) is 2.44. The summed E-state index contributed by atoms with van der Waals surface area (Å²) < 4.78 is 14.6. The summed E-state index contributed by atoms with van der Waals surface area (Å²) >= 11 is 3.33. The Balaban J connectivity index is 2.88. The third-order valence-electron chi connectivity index (χ3n) is 4.88. The van der Waals surface area contributed by atoms with E-state index in [2.05, 4.69) is 15.9 Å². The largest absolute Gasteiger partial charge is 0.468 e. The Hall–Kier alpha value is -3.21. The van der Waals surface area contributed by atoms with Gasteiger partial charge in [0.05, 0.1) is 43.3 Å². The van der Waals surface area contributed by atoms with Gasteiger partial charge in [0.15, 0.2) is 0 Å². The molecule has 1 atom stereocenters. The van der Waals surface area contributed by atoms with E-state index < -0.39 is 28.7 Å². The molecule has 31 heavy (non-hydrogen) atoms. The third-order valence-corrected chi connectivity index (χ3v) is 5.41. The van der Waals surface area contributed by atoms with Gasteiger partial charge in [-0.25, -0.2) is 9.59 Å². The van der Waals surface area contributed by atoms with E-state index in [0.717, 1.165) is 0 Å². The van der Waals surface area contributed by atoms with Crippen molar-refractivity contribution < 1.29 is 33.5 Å². The van der Waals surface area contributed by atoms with Crippen LogP contribution in [0, 0.1) is 10.1 Å². The fraction of sp³-hybridized carbons (Fsp3) is 0.350. The Bertz CT molecular complexity index is 985. The molecule has 0 N–H and O–H groups in total. The number of esters is 3. The van der Waals surface area contributed by atoms with Crippen LogP contribution in [0.3, 0.4) is 0 Å². The number of nitro groups is 1. The fourth-order valence-corrected chi connectivity index (χ4v) is 4.04. The summed E-state index contributed by atoms with van der Waals surface area (Å²) in [6.07, 6.45) is 0. The number of carbonyl (C=O) groups excluding carboxylic acids is 3. The maximum absolute atomic E-state index is 12.9. The zero-order valence-corrected chi connectivity index (χ0v) is 18.9. The van der Waals surface area contributed by atoms with E-state index >= 15 is 0 Å². The minimum absolute atomic E-state index is 0.0507. The van der Waals surface area contributed by atoms with Gasteiger partial charge in [-0.2, -0.15) is 0 Å². The lowest BCUT2D eigenvalue weighted by atomic mass is 9.79. The van der Waals surface area contributed by atoms with Crippen LogP contribution in [0.5, 0.6) is 0 Å². The predicted molar refractivity (Wildman–Crippen MR) is 112 cm³/mol. The number of rotatable bonds is 7. The summed E-state index contributed by atoms with van der Waals surface area (Å²) in [6, 6.07) is 5.61. The molecule has 0 unspecified atom stereocenters. The first-order valence-electron chi connectivity index (χ1n) is 8.96. The first-order chi connectivity index (χ1) is 14.7. The number of halogens is 1. The molecule has 0 saturated heterocycles. The van der Waals surface area contributed by atoms with Gasteiger partial charge in [-0.15, -0.1) is 0 Å². The molecular formula is C20H21BrN2O8. The standard InChI is InChI=1S/C20H21BrN2O8/c1-11-16(19(25)30-3)17(12-6-5-7-13(8-12)23(27)28)18(20(26)31-4)14(9-21)22(11)10-15(24)29-2/h5-8,17H,9-10H2,1-4H3/t17-/m1/s1. The molecule has 0 spiro atoms. The number of alkyl halides is 1. The highest BCUT2D eigenvalue weighted by Gasteiger charge is 2.42. The summed E-state index contributed by atoms with van der Waals surface area (Å²) in [4.78, 5) is 49.9. The molecule has 0 radical (unpaired) electrons. The highest BCUT2D eigenvalue weighted by atomic mass is 79.9. The zero-order valence-electron chi connectivity index (χ0n) is 17.3. The molecule has 0 amide bonds. The molecule has 10 nitrogen and oxygen atoms in total. The zero-order chi connectivity index (χ0) is 23.3. The van der Waals surface area contributed by atoms with Crippen LogP contribution >= 0.6 is 15.9 Å². The van der Waals surface area contributed by atoms with Gasteiger partial charge in [-0.1, -0.05) is 28.1 Å². The minimum atomic E-state index is -1.01. The van der Waals surface area contributed by atoms with Crippen molar-refractivity contribution >= 4 is 39.5 Å². The van der Waals surface area contributed by atoms with E-state index in [1.54, 1.807) is 13.0 Å². The normalized spacial score (nSPS) is 16.2. The number of methoxy groups -OCH3 is 3. The number of hydrogen-bond acceptors (Lipinski definition) is 9. The Labute approximate surface area is 186 Å². The average molecular weight is 497 g/mol. The lowest BCUT2D eigenvalue weighted by molar-refractivity contribution is -0.384. The van der Waals surface area contributed by atoms with Gasteiger partial charge >= 0.3 is 17.9 Å². The van der Waals surface area contributed by atoms with E-state index in [4.69, 9.17) is 14.2 Å². The first kappa shape index (κ1) is 24.1. The number of allylic oxidation sites excluding steroid dienone is 2. The molecule has 1 aromatic carbocycles. The molecule has 11 heteroatoms. The van der Waals surface area contributed by atoms with Crippen LogP contribution in [-0.2, 0) is 28.6 Å². The lowest BCUT2D eigenvalue weighted by Gasteiger charge is -2.37. The van der Waals surface area contributed by atoms with Gasteiger partial charge < -0.3 is 19.1 Å². The maximum Gasteiger partial charge on any atom is 0.336 e. The lowest BCUT2D eigenvalue weighted by Crippen LogP contribution is -2.39. The van der Waals surface area contributed by atoms with Crippen LogP contribution in [0.1, 0.15) is 18.4 Å². The smallest absolute Gasteiger partial charge is 0.336 e. The molecule has 1 aliphatic rings. The second-order valence-corrected chi connectivity index (χ2v) is 6.98. The molecule has 1 aliphatic heterocycles. The van der Waals surface area contributed by atoms with E-state index in [0.29, 0.717) is 17.0 Å². The third kappa shape index (κ3) is 4.76. The molecule has 0 aromatic heterocycles. The van der Waals surface area contributed by atoms with Crippen LogP contribution in [0.15, 0.2) is 46.8 Å². The summed E-state index contributed by atoms with van der Waals surface area (Å²) in [5.41, 5.74) is 0.924. The summed E-state index contributed by atoms with van der Waals surface area (Å²) in [5, 5.41) is 11.4. The van der Waals surface area contributed by atoms with Crippen molar-refractivity contribution in [1.82, 2.24) is 4.90 Å². The molecule has 0 aliphatic carbocycles. The Morgan fingerprint density at radius 2 is 1.71 bits per heavy atom. The number of hydrogen-bond donors (Lipinski definition) is 0. The highest BCUT2D eigenvalue weighted by molar-refractivity contribution is 9.09. The van der Waals surface area contributed by atoms with Gasteiger partial charge in [0, 0.05) is 28.9 Å². The SMILES string of the molecule is COC(=O)CN1C(C)=C(C(=O)OC)[C@@H](c2cccc([N+](=O)[O-])c2)C(C(=O)OC)=C1CBr. The van der Waals surface area contributed by atoms with E-state index in [9.17, 15) is 24.5 Å². The minimum Gasteiger partial charge on any atom is -0.468 e. The topological polar surface area (TPSA) is 125 Å². The fourth-order valence-electron chi connectivity index (χ4n) is 3.44. The second-order valence-electron chi connectivity index (χ2n) is 6.42. The number of carbonyl (C=O) groups is 3. The van der Waals surface area contributed by atoms with Gasteiger partial charge in [0.25, 0.3) is 5.69 Å². The number of nitrogens with zero attached hydrogens (tertiary/aromatic N) is 2. The van der Waals surface area contributed by atoms with Crippen molar-refractivity contribution in [3.05, 3.63) is 62.5 Å². The van der Waals surface area contributed by atoms with Crippen molar-refractivity contribution in [3.8, 4) is 0 Å². The monoisotopic (exact) mass is 496 g/mol. The van der Waals surface area contributed by atoms with Gasteiger partial charge in [0.2, 0.25) is 0 Å². The van der Waals surface area contributed by atoms with Crippen molar-refractivity contribution in [1.29, 1.82) is 0 Å². The molecule has 2 rings (SSSR count). The molecule has 0 fully saturated rings. The van der Waals surface area contributed by atoms with Gasteiger partial charge in [0.1, 0.15) is 6.54 Å². The Morgan fingerprint density at radius 3 is 2.23 bits per heavy atom. The van der Waals surface area contributed by atoms with Crippen molar-refractivity contribution in [2.24, 2.45) is 0 Å². The number of nitro benzene ring substituents is 1. The highest BCUT2D eigenvalue weighted by Crippen LogP contribution is 2.43. The van der Waals surface area contributed by atoms with Crippen molar-refractivity contribution in [2.75, 3.05) is 33.2 Å². The molecule has 1 heterocycles. The average Bonchev–Trinajstić information content (AvgIpc) is 2.78. The van der Waals surface area contributed by atoms with E-state index in [1.165, 1.54) is 44.4 Å². The van der Waals surface area contributed by atoms with Gasteiger partial charge in [-0.05, 0) is 12.5 Å². The van der Waals surface area contributed by atoms with E-state index in [1.807, 2.05) is 0 Å². The van der Waals surface area contributed by atoms with Crippen LogP contribution < -0.4 is 0 Å². The molecule has 0 bridgehead atoms. The van der Waals surface area contributed by atoms with Crippen molar-refractivity contribution in [3.63, 3.8) is 0 Å². The Kier molecular flexibility index (Phi) is 7.92. The van der Waals surface area contributed by atoms with Crippen LogP contribution in [0.4, 0.5) is 5.69 Å². The van der Waals surface area contributed by atoms with Crippen molar-refractivity contribution in [2.45, 2.75) is 12.8 Å². The number of benzene rings is 1. The van der Waals surface area contributed by atoms with Crippen LogP contribution in [0.2, 0.25) is 0 Å². The summed E-state index contributed by atoms with van der Waals surface area (Å²) in [6.45, 7) is 1.32. The number of non-ortho nitro benzene ring substituents is 1. The summed E-state index contributed by atoms with van der Waals surface area (Å²) in [5.74, 6) is -3.12. The van der Waals surface area contributed by atoms with Gasteiger partial charge in [-0.3, -0.25) is 14.9 Å². The number of ether oxygens (including phenoxy) is 3. The molecule has 0 saturated carbocycles. The quantitative estimate of drug-likeness (QED) is 0.184. The molecule has 166 valence electrons. The maximum atomic E-state index is 12.9. The summed E-state index contributed by atoms with van der Waals surface area (Å²) in [7, 11) is 3.58. The first-order valence-corrected chi connectivity index (χ1v) is 10.1. The molecule has 1 aromatic rings.